The highest BCUT2D eigenvalue weighted by Gasteiger charge is 2.33. The van der Waals surface area contributed by atoms with Crippen LogP contribution in [-0.2, 0) is 6.18 Å². The van der Waals surface area contributed by atoms with Crippen LogP contribution >= 0.6 is 0 Å². The van der Waals surface area contributed by atoms with Crippen molar-refractivity contribution in [3.05, 3.63) is 71.3 Å². The van der Waals surface area contributed by atoms with Gasteiger partial charge in [-0.2, -0.15) is 13.2 Å². The van der Waals surface area contributed by atoms with Gasteiger partial charge in [0.25, 0.3) is 0 Å². The molecule has 2 aromatic rings. The topological polar surface area (TPSA) is 61.4 Å². The first kappa shape index (κ1) is 22.2. The number of benzene rings is 2. The Balaban J connectivity index is 1.57. The third-order valence-electron chi connectivity index (χ3n) is 5.76. The summed E-state index contributed by atoms with van der Waals surface area (Å²) >= 11 is 0. The third-order valence-corrected chi connectivity index (χ3v) is 5.76. The van der Waals surface area contributed by atoms with Crippen molar-refractivity contribution in [3.63, 3.8) is 0 Å². The highest BCUT2D eigenvalue weighted by Crippen LogP contribution is 2.36. The van der Waals surface area contributed by atoms with Crippen LogP contribution < -0.4 is 10.6 Å². The highest BCUT2D eigenvalue weighted by molar-refractivity contribution is 5.74. The van der Waals surface area contributed by atoms with Gasteiger partial charge in [-0.3, -0.25) is 0 Å². The molecule has 1 fully saturated rings. The molecule has 1 aliphatic carbocycles. The molecule has 1 saturated carbocycles. The van der Waals surface area contributed by atoms with Crippen molar-refractivity contribution in [2.24, 2.45) is 0 Å². The molecule has 3 atom stereocenters. The standard InChI is InChI=1S/C23H27F3N2O2/c24-23(25,26)19-11-9-17(10-12-19)20-7-4-8-21(20)28-22(30)27-15-18(13-14-29)16-5-2-1-3-6-16/h1-3,5-6,9-12,18,20-21,29H,4,7-8,13-15H2,(H2,27,28,30)/t18?,20-,21+/m0/s1. The lowest BCUT2D eigenvalue weighted by atomic mass is 9.93. The lowest BCUT2D eigenvalue weighted by Gasteiger charge is -2.23. The maximum Gasteiger partial charge on any atom is 0.416 e. The summed E-state index contributed by atoms with van der Waals surface area (Å²) in [7, 11) is 0. The van der Waals surface area contributed by atoms with Gasteiger partial charge in [-0.25, -0.2) is 4.79 Å². The number of nitrogens with one attached hydrogen (secondary N) is 2. The molecule has 0 aliphatic heterocycles. The van der Waals surface area contributed by atoms with Crippen LogP contribution in [0.1, 0.15) is 54.2 Å². The van der Waals surface area contributed by atoms with Crippen molar-refractivity contribution >= 4 is 6.03 Å². The molecule has 2 aromatic carbocycles. The Kier molecular flexibility index (Phi) is 7.37. The van der Waals surface area contributed by atoms with Gasteiger partial charge in [0.15, 0.2) is 0 Å². The molecule has 0 spiro atoms. The van der Waals surface area contributed by atoms with E-state index in [2.05, 4.69) is 10.6 Å². The van der Waals surface area contributed by atoms with Crippen molar-refractivity contribution in [2.45, 2.75) is 49.7 Å². The largest absolute Gasteiger partial charge is 0.416 e. The summed E-state index contributed by atoms with van der Waals surface area (Å²) in [5, 5.41) is 15.2. The number of urea groups is 1. The first-order valence-electron chi connectivity index (χ1n) is 10.3. The zero-order valence-electron chi connectivity index (χ0n) is 16.7. The number of alkyl halides is 3. The van der Waals surface area contributed by atoms with Gasteiger partial charge in [0.05, 0.1) is 5.56 Å². The van der Waals surface area contributed by atoms with Gasteiger partial charge >= 0.3 is 12.2 Å². The summed E-state index contributed by atoms with van der Waals surface area (Å²) < 4.78 is 38.4. The van der Waals surface area contributed by atoms with Crippen molar-refractivity contribution in [1.29, 1.82) is 0 Å². The second-order valence-corrected chi connectivity index (χ2v) is 7.74. The monoisotopic (exact) mass is 420 g/mol. The number of rotatable bonds is 7. The fourth-order valence-corrected chi connectivity index (χ4v) is 4.15. The molecule has 4 nitrogen and oxygen atoms in total. The molecule has 0 heterocycles. The van der Waals surface area contributed by atoms with E-state index in [1.54, 1.807) is 0 Å². The Bertz CT molecular complexity index is 809. The van der Waals surface area contributed by atoms with Crippen LogP contribution in [0, 0.1) is 0 Å². The van der Waals surface area contributed by atoms with Crippen molar-refractivity contribution in [1.82, 2.24) is 10.6 Å². The molecule has 0 radical (unpaired) electrons. The Labute approximate surface area is 174 Å². The summed E-state index contributed by atoms with van der Waals surface area (Å²) in [5.74, 6) is 0.0108. The second kappa shape index (κ2) is 9.98. The van der Waals surface area contributed by atoms with Crippen molar-refractivity contribution < 1.29 is 23.1 Å². The lowest BCUT2D eigenvalue weighted by molar-refractivity contribution is -0.137. The van der Waals surface area contributed by atoms with Gasteiger partial charge < -0.3 is 15.7 Å². The Morgan fingerprint density at radius 1 is 1.07 bits per heavy atom. The number of amides is 2. The minimum absolute atomic E-state index is 0.000366. The first-order chi connectivity index (χ1) is 14.4. The van der Waals surface area contributed by atoms with E-state index < -0.39 is 11.7 Å². The minimum atomic E-state index is -4.35. The van der Waals surface area contributed by atoms with E-state index >= 15 is 0 Å². The predicted octanol–water partition coefficient (Wildman–Crippen LogP) is 4.81. The maximum absolute atomic E-state index is 12.8. The molecule has 0 bridgehead atoms. The molecule has 3 N–H and O–H groups in total. The van der Waals surface area contributed by atoms with Crippen molar-refractivity contribution in [2.75, 3.05) is 13.2 Å². The number of halogens is 3. The molecule has 0 saturated heterocycles. The average molecular weight is 420 g/mol. The van der Waals surface area contributed by atoms with Gasteiger partial charge in [-0.15, -0.1) is 0 Å². The molecule has 7 heteroatoms. The van der Waals surface area contributed by atoms with Crippen LogP contribution in [-0.4, -0.2) is 30.3 Å². The SMILES string of the molecule is O=C(NCC(CCO)c1ccccc1)N[C@@H]1CCC[C@H]1c1ccc(C(F)(F)F)cc1. The molecule has 1 unspecified atom stereocenters. The quantitative estimate of drug-likeness (QED) is 0.602. The summed E-state index contributed by atoms with van der Waals surface area (Å²) in [5.41, 5.74) is 1.20. The number of hydrogen-bond acceptors (Lipinski definition) is 2. The predicted molar refractivity (Wildman–Crippen MR) is 109 cm³/mol. The van der Waals surface area contributed by atoms with Gasteiger partial charge in [-0.05, 0) is 42.5 Å². The van der Waals surface area contributed by atoms with Gasteiger partial charge in [0.2, 0.25) is 0 Å². The second-order valence-electron chi connectivity index (χ2n) is 7.74. The van der Waals surface area contributed by atoms with Crippen LogP contribution in [0.4, 0.5) is 18.0 Å². The van der Waals surface area contributed by atoms with Crippen LogP contribution in [0.5, 0.6) is 0 Å². The first-order valence-corrected chi connectivity index (χ1v) is 10.3. The molecule has 162 valence electrons. The van der Waals surface area contributed by atoms with E-state index in [4.69, 9.17) is 0 Å². The molecular formula is C23H27F3N2O2. The fourth-order valence-electron chi connectivity index (χ4n) is 4.15. The van der Waals surface area contributed by atoms with E-state index in [0.717, 1.165) is 42.5 Å². The molecular weight excluding hydrogens is 393 g/mol. The summed E-state index contributed by atoms with van der Waals surface area (Å²) in [6, 6.07) is 14.5. The average Bonchev–Trinajstić information content (AvgIpc) is 3.19. The molecule has 0 aromatic heterocycles. The van der Waals surface area contributed by atoms with Gasteiger partial charge in [-0.1, -0.05) is 48.9 Å². The number of aliphatic hydroxyl groups is 1. The smallest absolute Gasteiger partial charge is 0.396 e. The lowest BCUT2D eigenvalue weighted by Crippen LogP contribution is -2.44. The number of carbonyl (C=O) groups is 1. The van der Waals surface area contributed by atoms with E-state index in [-0.39, 0.29) is 30.5 Å². The van der Waals surface area contributed by atoms with Crippen LogP contribution in [0.2, 0.25) is 0 Å². The summed E-state index contributed by atoms with van der Waals surface area (Å²) in [4.78, 5) is 12.5. The summed E-state index contributed by atoms with van der Waals surface area (Å²) in [6.45, 7) is 0.426. The zero-order chi connectivity index (χ0) is 21.6. The van der Waals surface area contributed by atoms with E-state index in [0.29, 0.717) is 13.0 Å². The van der Waals surface area contributed by atoms with E-state index in [1.165, 1.54) is 12.1 Å². The number of aliphatic hydroxyl groups excluding tert-OH is 1. The van der Waals surface area contributed by atoms with Gasteiger partial charge in [0, 0.05) is 31.0 Å². The molecule has 30 heavy (non-hydrogen) atoms. The van der Waals surface area contributed by atoms with Gasteiger partial charge in [0.1, 0.15) is 0 Å². The Morgan fingerprint density at radius 2 is 1.77 bits per heavy atom. The van der Waals surface area contributed by atoms with E-state index in [1.807, 2.05) is 30.3 Å². The van der Waals surface area contributed by atoms with Crippen LogP contribution in [0.3, 0.4) is 0 Å². The zero-order valence-corrected chi connectivity index (χ0v) is 16.7. The summed E-state index contributed by atoms with van der Waals surface area (Å²) in [6.07, 6.45) is -1.28. The maximum atomic E-state index is 12.8. The molecule has 1 aliphatic rings. The number of carbonyl (C=O) groups excluding carboxylic acids is 1. The Morgan fingerprint density at radius 3 is 2.40 bits per heavy atom. The van der Waals surface area contributed by atoms with E-state index in [9.17, 15) is 23.1 Å². The Hall–Kier alpha value is -2.54. The number of hydrogen-bond donors (Lipinski definition) is 3. The molecule has 2 amide bonds. The minimum Gasteiger partial charge on any atom is -0.396 e. The van der Waals surface area contributed by atoms with Crippen molar-refractivity contribution in [3.8, 4) is 0 Å². The molecule has 3 rings (SSSR count). The third kappa shape index (κ3) is 5.75. The fraction of sp³-hybridized carbons (Fsp3) is 0.435. The highest BCUT2D eigenvalue weighted by atomic mass is 19.4. The van der Waals surface area contributed by atoms with Crippen LogP contribution in [0.15, 0.2) is 54.6 Å². The normalized spacial score (nSPS) is 20.0. The van der Waals surface area contributed by atoms with Crippen LogP contribution in [0.25, 0.3) is 0 Å².